The van der Waals surface area contributed by atoms with Crippen LogP contribution in [-0.2, 0) is 16.1 Å². The summed E-state index contributed by atoms with van der Waals surface area (Å²) < 4.78 is 0. The third-order valence-corrected chi connectivity index (χ3v) is 6.14. The smallest absolute Gasteiger partial charge is 0.255 e. The first-order valence-corrected chi connectivity index (χ1v) is 10.8. The molecule has 3 heterocycles. The monoisotopic (exact) mass is 454 g/mol. The third kappa shape index (κ3) is 4.10. The number of nitrogens with one attached hydrogen (secondary N) is 2. The van der Waals surface area contributed by atoms with Gasteiger partial charge in [0.05, 0.1) is 16.8 Å². The Labute approximate surface area is 190 Å². The Hall–Kier alpha value is -3.26. The average molecular weight is 455 g/mol. The van der Waals surface area contributed by atoms with Gasteiger partial charge in [0.1, 0.15) is 6.04 Å². The van der Waals surface area contributed by atoms with Crippen molar-refractivity contribution >= 4 is 35.2 Å². The quantitative estimate of drug-likeness (QED) is 0.675. The summed E-state index contributed by atoms with van der Waals surface area (Å²) in [6.07, 6.45) is 2.11. The van der Waals surface area contributed by atoms with Crippen LogP contribution in [0.4, 0.5) is 0 Å². The van der Waals surface area contributed by atoms with Crippen LogP contribution in [0, 0.1) is 5.92 Å². The molecular weight excluding hydrogens is 432 g/mol. The van der Waals surface area contributed by atoms with Crippen molar-refractivity contribution in [3.05, 3.63) is 63.9 Å². The zero-order valence-corrected chi connectivity index (χ0v) is 18.5. The SMILES string of the molecule is CC(C)[C@H](NC(=O)c1ccc2c(c1)CN(C1CCC(=O)NC1=O)C2=O)c1ncccc1Cl. The number of nitrogens with zero attached hydrogens (tertiary/aromatic N) is 2. The number of carbonyl (C=O) groups excluding carboxylic acids is 4. The van der Waals surface area contributed by atoms with Crippen LogP contribution in [-0.4, -0.2) is 39.6 Å². The van der Waals surface area contributed by atoms with E-state index in [4.69, 9.17) is 11.6 Å². The number of piperidine rings is 1. The summed E-state index contributed by atoms with van der Waals surface area (Å²) >= 11 is 6.29. The lowest BCUT2D eigenvalue weighted by atomic mass is 9.99. The van der Waals surface area contributed by atoms with Gasteiger partial charge in [-0.1, -0.05) is 25.4 Å². The molecule has 0 aliphatic carbocycles. The molecule has 0 saturated carbocycles. The second-order valence-corrected chi connectivity index (χ2v) is 8.74. The van der Waals surface area contributed by atoms with Crippen molar-refractivity contribution in [3.63, 3.8) is 0 Å². The molecular formula is C23H23ClN4O4. The number of aromatic nitrogens is 1. The highest BCUT2D eigenvalue weighted by molar-refractivity contribution is 6.31. The topological polar surface area (TPSA) is 108 Å². The van der Waals surface area contributed by atoms with Crippen LogP contribution in [0.15, 0.2) is 36.5 Å². The van der Waals surface area contributed by atoms with Gasteiger partial charge < -0.3 is 10.2 Å². The molecule has 2 aliphatic rings. The first-order valence-electron chi connectivity index (χ1n) is 10.4. The Morgan fingerprint density at radius 3 is 2.72 bits per heavy atom. The van der Waals surface area contributed by atoms with Gasteiger partial charge >= 0.3 is 0 Å². The lowest BCUT2D eigenvalue weighted by Gasteiger charge is -2.29. The van der Waals surface area contributed by atoms with Gasteiger partial charge in [0, 0.05) is 30.3 Å². The summed E-state index contributed by atoms with van der Waals surface area (Å²) in [5.74, 6) is -1.33. The van der Waals surface area contributed by atoms with Crippen molar-refractivity contribution in [3.8, 4) is 0 Å². The van der Waals surface area contributed by atoms with Gasteiger partial charge in [0.25, 0.3) is 11.8 Å². The minimum Gasteiger partial charge on any atom is -0.343 e. The van der Waals surface area contributed by atoms with E-state index in [0.717, 1.165) is 0 Å². The molecule has 166 valence electrons. The fraction of sp³-hybridized carbons (Fsp3) is 0.348. The third-order valence-electron chi connectivity index (χ3n) is 5.82. The minimum atomic E-state index is -0.693. The summed E-state index contributed by atoms with van der Waals surface area (Å²) in [4.78, 5) is 55.3. The van der Waals surface area contributed by atoms with Gasteiger partial charge in [-0.2, -0.15) is 0 Å². The van der Waals surface area contributed by atoms with Gasteiger partial charge in [-0.15, -0.1) is 0 Å². The maximum Gasteiger partial charge on any atom is 0.255 e. The Bertz CT molecular complexity index is 1120. The molecule has 32 heavy (non-hydrogen) atoms. The molecule has 4 amide bonds. The van der Waals surface area contributed by atoms with E-state index >= 15 is 0 Å². The van der Waals surface area contributed by atoms with E-state index in [0.29, 0.717) is 33.8 Å². The van der Waals surface area contributed by atoms with Crippen LogP contribution in [0.2, 0.25) is 5.02 Å². The molecule has 0 radical (unpaired) electrons. The summed E-state index contributed by atoms with van der Waals surface area (Å²) in [6, 6.07) is 7.26. The highest BCUT2D eigenvalue weighted by atomic mass is 35.5. The molecule has 0 spiro atoms. The van der Waals surface area contributed by atoms with Gasteiger partial charge in [-0.3, -0.25) is 29.5 Å². The van der Waals surface area contributed by atoms with Crippen molar-refractivity contribution in [1.29, 1.82) is 0 Å². The predicted octanol–water partition coefficient (Wildman–Crippen LogP) is 2.62. The van der Waals surface area contributed by atoms with Crippen molar-refractivity contribution in [2.75, 3.05) is 0 Å². The maximum absolute atomic E-state index is 13.0. The van der Waals surface area contributed by atoms with E-state index in [9.17, 15) is 19.2 Å². The van der Waals surface area contributed by atoms with Crippen LogP contribution in [0.25, 0.3) is 0 Å². The predicted molar refractivity (Wildman–Crippen MR) is 117 cm³/mol. The number of pyridine rings is 1. The molecule has 2 aliphatic heterocycles. The van der Waals surface area contributed by atoms with E-state index in [2.05, 4.69) is 15.6 Å². The van der Waals surface area contributed by atoms with E-state index in [1.165, 1.54) is 4.90 Å². The van der Waals surface area contributed by atoms with Crippen LogP contribution in [0.3, 0.4) is 0 Å². The van der Waals surface area contributed by atoms with Gasteiger partial charge in [-0.25, -0.2) is 0 Å². The molecule has 1 fully saturated rings. The number of imide groups is 1. The molecule has 9 heteroatoms. The number of benzene rings is 1. The standard InChI is InChI=1S/C23H23ClN4O4/c1-12(2)19(20-16(24)4-3-9-25-20)27-21(30)13-5-6-15-14(10-13)11-28(23(15)32)17-7-8-18(29)26-22(17)31/h3-6,9-10,12,17,19H,7-8,11H2,1-2H3,(H,27,30)(H,26,29,31)/t17?,19-/m0/s1. The summed E-state index contributed by atoms with van der Waals surface area (Å²) in [7, 11) is 0. The zero-order chi connectivity index (χ0) is 23.0. The maximum atomic E-state index is 13.0. The van der Waals surface area contributed by atoms with Crippen molar-refractivity contribution < 1.29 is 19.2 Å². The van der Waals surface area contributed by atoms with Crippen LogP contribution < -0.4 is 10.6 Å². The van der Waals surface area contributed by atoms with Gasteiger partial charge in [-0.05, 0) is 48.2 Å². The van der Waals surface area contributed by atoms with Gasteiger partial charge in [0.15, 0.2) is 0 Å². The molecule has 1 saturated heterocycles. The summed E-state index contributed by atoms with van der Waals surface area (Å²) in [5.41, 5.74) is 2.13. The molecule has 2 aromatic rings. The van der Waals surface area contributed by atoms with E-state index in [1.54, 1.807) is 36.5 Å². The van der Waals surface area contributed by atoms with E-state index < -0.39 is 11.9 Å². The summed E-state index contributed by atoms with van der Waals surface area (Å²) in [6.45, 7) is 4.14. The number of hydrogen-bond acceptors (Lipinski definition) is 5. The normalized spacial score (nSPS) is 19.1. The van der Waals surface area contributed by atoms with Crippen LogP contribution in [0.1, 0.15) is 64.7 Å². The molecule has 0 bridgehead atoms. The van der Waals surface area contributed by atoms with Crippen molar-refractivity contribution in [2.24, 2.45) is 5.92 Å². The van der Waals surface area contributed by atoms with E-state index in [-0.39, 0.29) is 42.6 Å². The molecule has 1 unspecified atom stereocenters. The Morgan fingerprint density at radius 1 is 1.25 bits per heavy atom. The lowest BCUT2D eigenvalue weighted by Crippen LogP contribution is -2.52. The number of amides is 4. The Morgan fingerprint density at radius 2 is 2.03 bits per heavy atom. The molecule has 1 aromatic heterocycles. The summed E-state index contributed by atoms with van der Waals surface area (Å²) in [5, 5.41) is 5.75. The second kappa shape index (κ2) is 8.70. The Balaban J connectivity index is 1.53. The number of fused-ring (bicyclic) bond motifs is 1. The molecule has 4 rings (SSSR count). The molecule has 2 N–H and O–H groups in total. The van der Waals surface area contributed by atoms with Gasteiger partial charge in [0.2, 0.25) is 11.8 Å². The zero-order valence-electron chi connectivity index (χ0n) is 17.7. The fourth-order valence-electron chi connectivity index (χ4n) is 4.12. The fourth-order valence-corrected chi connectivity index (χ4v) is 4.36. The molecule has 8 nitrogen and oxygen atoms in total. The molecule has 2 atom stereocenters. The number of rotatable bonds is 5. The van der Waals surface area contributed by atoms with Crippen LogP contribution in [0.5, 0.6) is 0 Å². The average Bonchev–Trinajstić information content (AvgIpc) is 3.08. The van der Waals surface area contributed by atoms with Crippen molar-refractivity contribution in [1.82, 2.24) is 20.5 Å². The van der Waals surface area contributed by atoms with E-state index in [1.807, 2.05) is 13.8 Å². The largest absolute Gasteiger partial charge is 0.343 e. The first kappa shape index (κ1) is 22.0. The first-order chi connectivity index (χ1) is 15.3. The van der Waals surface area contributed by atoms with Crippen LogP contribution >= 0.6 is 11.6 Å². The Kier molecular flexibility index (Phi) is 5.97. The lowest BCUT2D eigenvalue weighted by molar-refractivity contribution is -0.136. The van der Waals surface area contributed by atoms with Crippen molar-refractivity contribution in [2.45, 2.75) is 45.3 Å². The second-order valence-electron chi connectivity index (χ2n) is 8.34. The number of carbonyl (C=O) groups is 4. The highest BCUT2D eigenvalue weighted by Gasteiger charge is 2.39. The highest BCUT2D eigenvalue weighted by Crippen LogP contribution is 2.29. The number of halogens is 1. The number of hydrogen-bond donors (Lipinski definition) is 2. The molecule has 1 aromatic carbocycles. The minimum absolute atomic E-state index is 0.0466.